The lowest BCUT2D eigenvalue weighted by Gasteiger charge is -2.38. The summed E-state index contributed by atoms with van der Waals surface area (Å²) in [6.07, 6.45) is 2.69. The molecule has 1 aliphatic carbocycles. The fraction of sp³-hybridized carbons (Fsp3) is 0.562. The Kier molecular flexibility index (Phi) is 4.99. The number of hydrogen-bond donors (Lipinski definition) is 2. The highest BCUT2D eigenvalue weighted by molar-refractivity contribution is 7.80. The number of benzene rings is 1. The maximum Gasteiger partial charge on any atom is 0.259 e. The highest BCUT2D eigenvalue weighted by Crippen LogP contribution is 2.35. The molecule has 1 saturated carbocycles. The number of piperazine rings is 1. The largest absolute Gasteiger partial charge is 0.336 e. The van der Waals surface area contributed by atoms with Crippen LogP contribution in [0.3, 0.4) is 0 Å². The first-order valence-electron chi connectivity index (χ1n) is 8.05. The molecule has 1 aromatic carbocycles. The van der Waals surface area contributed by atoms with Crippen LogP contribution in [0.2, 0.25) is 0 Å². The first-order chi connectivity index (χ1) is 11.0. The van der Waals surface area contributed by atoms with Gasteiger partial charge in [0.05, 0.1) is 0 Å². The molecule has 126 valence electrons. The molecular formula is C16H23N3O3S. The Hall–Kier alpha value is -1.44. The van der Waals surface area contributed by atoms with E-state index in [0.29, 0.717) is 17.3 Å². The summed E-state index contributed by atoms with van der Waals surface area (Å²) in [4.78, 5) is 16.9. The van der Waals surface area contributed by atoms with Crippen LogP contribution < -0.4 is 4.72 Å². The summed E-state index contributed by atoms with van der Waals surface area (Å²) >= 11 is -2.10. The number of amides is 1. The molecule has 7 heteroatoms. The number of anilines is 1. The summed E-state index contributed by atoms with van der Waals surface area (Å²) in [6, 6.07) is 7.31. The molecule has 0 aromatic heterocycles. The third-order valence-electron chi connectivity index (χ3n) is 4.82. The van der Waals surface area contributed by atoms with Crippen molar-refractivity contribution in [3.8, 4) is 0 Å². The lowest BCUT2D eigenvalue weighted by Crippen LogP contribution is -2.51. The number of hydrogen-bond acceptors (Lipinski definition) is 3. The standard InChI is InChI=1S/C16H23N3O3S/c1-12(13-2-3-13)18-8-10-19(11-9-18)16(20)14-4-6-15(7-5-14)17-23(21)22/h4-7,12-13,17H,2-3,8-11H2,1H3,(H,21,22). The molecular weight excluding hydrogens is 314 g/mol. The smallest absolute Gasteiger partial charge is 0.259 e. The Balaban J connectivity index is 1.55. The number of carbonyl (C=O) groups excluding carboxylic acids is 1. The molecule has 2 fully saturated rings. The summed E-state index contributed by atoms with van der Waals surface area (Å²) < 4.78 is 21.9. The SMILES string of the molecule is CC(C1CC1)N1CCN(C(=O)c2ccc(NS(=O)O)cc2)CC1. The molecule has 0 spiro atoms. The van der Waals surface area contributed by atoms with Crippen LogP contribution in [0.5, 0.6) is 0 Å². The van der Waals surface area contributed by atoms with Gasteiger partial charge in [0.15, 0.2) is 0 Å². The van der Waals surface area contributed by atoms with Gasteiger partial charge in [-0.15, -0.1) is 0 Å². The Morgan fingerprint density at radius 1 is 1.22 bits per heavy atom. The van der Waals surface area contributed by atoms with Crippen molar-refractivity contribution in [2.24, 2.45) is 5.92 Å². The van der Waals surface area contributed by atoms with Gasteiger partial charge in [0.2, 0.25) is 0 Å². The van der Waals surface area contributed by atoms with Crippen molar-refractivity contribution in [3.63, 3.8) is 0 Å². The predicted molar refractivity (Wildman–Crippen MR) is 90.5 cm³/mol. The Morgan fingerprint density at radius 2 is 1.83 bits per heavy atom. The van der Waals surface area contributed by atoms with Gasteiger partial charge >= 0.3 is 0 Å². The van der Waals surface area contributed by atoms with Gasteiger partial charge in [-0.1, -0.05) is 0 Å². The van der Waals surface area contributed by atoms with Crippen molar-refractivity contribution in [2.45, 2.75) is 25.8 Å². The third-order valence-corrected chi connectivity index (χ3v) is 5.23. The number of carbonyl (C=O) groups is 1. The van der Waals surface area contributed by atoms with Crippen LogP contribution >= 0.6 is 0 Å². The highest BCUT2D eigenvalue weighted by Gasteiger charge is 2.34. The van der Waals surface area contributed by atoms with E-state index in [2.05, 4.69) is 16.5 Å². The fourth-order valence-corrected chi connectivity index (χ4v) is 3.51. The van der Waals surface area contributed by atoms with Crippen LogP contribution in [-0.2, 0) is 11.3 Å². The van der Waals surface area contributed by atoms with Gasteiger partial charge in [-0.3, -0.25) is 19.0 Å². The van der Waals surface area contributed by atoms with Crippen LogP contribution in [0.1, 0.15) is 30.1 Å². The third kappa shape index (κ3) is 4.10. The van der Waals surface area contributed by atoms with Gasteiger partial charge in [0.1, 0.15) is 0 Å². The molecule has 2 atom stereocenters. The number of nitrogens with one attached hydrogen (secondary N) is 1. The molecule has 3 rings (SSSR count). The zero-order valence-corrected chi connectivity index (χ0v) is 14.1. The van der Waals surface area contributed by atoms with E-state index in [9.17, 15) is 9.00 Å². The molecule has 2 unspecified atom stereocenters. The summed E-state index contributed by atoms with van der Waals surface area (Å²) in [5.74, 6) is 0.884. The van der Waals surface area contributed by atoms with Gasteiger partial charge in [-0.2, -0.15) is 0 Å². The van der Waals surface area contributed by atoms with Crippen molar-refractivity contribution < 1.29 is 13.6 Å². The summed E-state index contributed by atoms with van der Waals surface area (Å²) in [5.41, 5.74) is 1.13. The molecule has 6 nitrogen and oxygen atoms in total. The second-order valence-electron chi connectivity index (χ2n) is 6.33. The number of rotatable bonds is 5. The maximum atomic E-state index is 12.5. The van der Waals surface area contributed by atoms with E-state index in [1.54, 1.807) is 24.3 Å². The summed E-state index contributed by atoms with van der Waals surface area (Å²) in [5, 5.41) is 0. The Bertz CT molecular complexity index is 581. The normalized spacial score (nSPS) is 21.7. The topological polar surface area (TPSA) is 72.9 Å². The average molecular weight is 337 g/mol. The molecule has 23 heavy (non-hydrogen) atoms. The van der Waals surface area contributed by atoms with Crippen molar-refractivity contribution in [2.75, 3.05) is 30.9 Å². The van der Waals surface area contributed by atoms with E-state index in [1.807, 2.05) is 4.90 Å². The minimum atomic E-state index is -2.10. The quantitative estimate of drug-likeness (QED) is 0.804. The van der Waals surface area contributed by atoms with Crippen molar-refractivity contribution in [1.29, 1.82) is 0 Å². The Labute approximate surface area is 139 Å². The van der Waals surface area contributed by atoms with E-state index >= 15 is 0 Å². The molecule has 1 saturated heterocycles. The van der Waals surface area contributed by atoms with Crippen molar-refractivity contribution in [3.05, 3.63) is 29.8 Å². The predicted octanol–water partition coefficient (Wildman–Crippen LogP) is 1.79. The van der Waals surface area contributed by atoms with Crippen LogP contribution in [0, 0.1) is 5.92 Å². The van der Waals surface area contributed by atoms with Crippen LogP contribution in [0.15, 0.2) is 24.3 Å². The Morgan fingerprint density at radius 3 is 2.35 bits per heavy atom. The lowest BCUT2D eigenvalue weighted by molar-refractivity contribution is 0.0564. The van der Waals surface area contributed by atoms with Gasteiger partial charge in [-0.05, 0) is 49.9 Å². The molecule has 2 N–H and O–H groups in total. The van der Waals surface area contributed by atoms with E-state index in [4.69, 9.17) is 4.55 Å². The van der Waals surface area contributed by atoms with Crippen molar-refractivity contribution in [1.82, 2.24) is 9.80 Å². The lowest BCUT2D eigenvalue weighted by atomic mass is 10.1. The second kappa shape index (κ2) is 6.98. The van der Waals surface area contributed by atoms with Crippen LogP contribution in [0.25, 0.3) is 0 Å². The molecule has 1 heterocycles. The molecule has 2 aliphatic rings. The molecule has 1 amide bonds. The van der Waals surface area contributed by atoms with Crippen LogP contribution in [0.4, 0.5) is 5.69 Å². The number of nitrogens with zero attached hydrogens (tertiary/aromatic N) is 2. The maximum absolute atomic E-state index is 12.5. The zero-order chi connectivity index (χ0) is 16.4. The highest BCUT2D eigenvalue weighted by atomic mass is 32.2. The van der Waals surface area contributed by atoms with E-state index in [1.165, 1.54) is 12.8 Å². The zero-order valence-electron chi connectivity index (χ0n) is 13.3. The molecule has 0 radical (unpaired) electrons. The van der Waals surface area contributed by atoms with Crippen molar-refractivity contribution >= 4 is 22.9 Å². The van der Waals surface area contributed by atoms with Gasteiger partial charge < -0.3 is 4.90 Å². The second-order valence-corrected chi connectivity index (χ2v) is 7.04. The first kappa shape index (κ1) is 16.4. The molecule has 0 bridgehead atoms. The van der Waals surface area contributed by atoms with Gasteiger partial charge in [0, 0.05) is 43.5 Å². The first-order valence-corrected chi connectivity index (χ1v) is 9.16. The summed E-state index contributed by atoms with van der Waals surface area (Å²) in [6.45, 7) is 5.69. The monoisotopic (exact) mass is 337 g/mol. The van der Waals surface area contributed by atoms with E-state index in [0.717, 1.165) is 32.1 Å². The fourth-order valence-electron chi connectivity index (χ4n) is 3.17. The minimum absolute atomic E-state index is 0.0281. The minimum Gasteiger partial charge on any atom is -0.336 e. The average Bonchev–Trinajstić information content (AvgIpc) is 3.39. The van der Waals surface area contributed by atoms with Gasteiger partial charge in [0.25, 0.3) is 17.2 Å². The summed E-state index contributed by atoms with van der Waals surface area (Å²) in [7, 11) is 0. The molecule has 1 aromatic rings. The van der Waals surface area contributed by atoms with Gasteiger partial charge in [-0.25, -0.2) is 4.21 Å². The van der Waals surface area contributed by atoms with E-state index < -0.39 is 11.3 Å². The molecule has 1 aliphatic heterocycles. The van der Waals surface area contributed by atoms with E-state index in [-0.39, 0.29) is 5.91 Å². The van der Waals surface area contributed by atoms with Crippen LogP contribution in [-0.4, -0.2) is 56.7 Å².